The lowest BCUT2D eigenvalue weighted by Crippen LogP contribution is -2.84. The third-order valence-corrected chi connectivity index (χ3v) is 2.59. The molecule has 0 saturated carbocycles. The number of nitrogens with two attached hydrogens (primary N) is 1. The molecule has 94 valence electrons. The number of rotatable bonds is 9. The molecule has 0 atom stereocenters. The maximum Gasteiger partial charge on any atom is 0.120 e. The Hall–Kier alpha value is -0.840. The zero-order valence-electron chi connectivity index (χ0n) is 9.90. The van der Waals surface area contributed by atoms with E-state index in [4.69, 9.17) is 9.47 Å². The van der Waals surface area contributed by atoms with Gasteiger partial charge in [-0.3, -0.25) is 0 Å². The summed E-state index contributed by atoms with van der Waals surface area (Å²) in [5.74, 6) is 0.862. The van der Waals surface area contributed by atoms with Crippen molar-refractivity contribution in [1.29, 1.82) is 0 Å². The Bertz CT molecular complexity index is 331. The molecular weight excluding hydrogens is 282 g/mol. The second-order valence-electron chi connectivity index (χ2n) is 3.52. The van der Waals surface area contributed by atoms with Crippen molar-refractivity contribution < 1.29 is 14.8 Å². The Labute approximate surface area is 111 Å². The zero-order valence-corrected chi connectivity index (χ0v) is 11.5. The summed E-state index contributed by atoms with van der Waals surface area (Å²) < 4.78 is 12.0. The van der Waals surface area contributed by atoms with Crippen molar-refractivity contribution in [3.8, 4) is 5.75 Å². The van der Waals surface area contributed by atoms with Crippen LogP contribution < -0.4 is 10.1 Å². The molecule has 0 saturated heterocycles. The molecule has 1 aromatic carbocycles. The van der Waals surface area contributed by atoms with Gasteiger partial charge in [-0.1, -0.05) is 28.6 Å². The summed E-state index contributed by atoms with van der Waals surface area (Å²) in [6.07, 6.45) is 1.89. The summed E-state index contributed by atoms with van der Waals surface area (Å²) >= 11 is 3.40. The van der Waals surface area contributed by atoms with Crippen molar-refractivity contribution in [1.82, 2.24) is 0 Å². The predicted octanol–water partition coefficient (Wildman–Crippen LogP) is 1.59. The van der Waals surface area contributed by atoms with Crippen LogP contribution in [0.15, 0.2) is 41.4 Å². The Morgan fingerprint density at radius 3 is 2.94 bits per heavy atom. The fourth-order valence-corrected chi connectivity index (χ4v) is 1.66. The highest BCUT2D eigenvalue weighted by Crippen LogP contribution is 2.17. The minimum Gasteiger partial charge on any atom is -0.491 e. The van der Waals surface area contributed by atoms with Gasteiger partial charge in [0, 0.05) is 4.47 Å². The lowest BCUT2D eigenvalue weighted by Gasteiger charge is -2.06. The third-order valence-electron chi connectivity index (χ3n) is 2.09. The van der Waals surface area contributed by atoms with Crippen molar-refractivity contribution in [2.45, 2.75) is 0 Å². The van der Waals surface area contributed by atoms with E-state index >= 15 is 0 Å². The number of halogens is 1. The van der Waals surface area contributed by atoms with Crippen LogP contribution in [-0.4, -0.2) is 32.9 Å². The maximum atomic E-state index is 5.53. The molecule has 0 amide bonds. The summed E-state index contributed by atoms with van der Waals surface area (Å²) in [4.78, 5) is 0. The Kier molecular flexibility index (Phi) is 7.71. The van der Waals surface area contributed by atoms with Crippen LogP contribution >= 0.6 is 15.9 Å². The minimum absolute atomic E-state index is 0.581. The van der Waals surface area contributed by atoms with Crippen LogP contribution in [0.2, 0.25) is 0 Å². The van der Waals surface area contributed by atoms with Gasteiger partial charge in [0.1, 0.15) is 12.4 Å². The Balaban J connectivity index is 1.99. The lowest BCUT2D eigenvalue weighted by atomic mass is 10.3. The fraction of sp³-hybridized carbons (Fsp3) is 0.385. The van der Waals surface area contributed by atoms with Gasteiger partial charge in [0.05, 0.1) is 26.3 Å². The normalized spacial score (nSPS) is 10.2. The van der Waals surface area contributed by atoms with Crippen molar-refractivity contribution in [2.24, 2.45) is 0 Å². The van der Waals surface area contributed by atoms with E-state index < -0.39 is 0 Å². The van der Waals surface area contributed by atoms with Crippen molar-refractivity contribution >= 4 is 15.9 Å². The first kappa shape index (κ1) is 14.2. The molecule has 0 aliphatic rings. The average Bonchev–Trinajstić information content (AvgIpc) is 2.33. The number of ether oxygens (including phenoxy) is 2. The number of quaternary nitrogens is 1. The van der Waals surface area contributed by atoms with Gasteiger partial charge in [-0.05, 0) is 24.3 Å². The topological polar surface area (TPSA) is 35.1 Å². The third kappa shape index (κ3) is 7.15. The Morgan fingerprint density at radius 2 is 2.18 bits per heavy atom. The largest absolute Gasteiger partial charge is 0.491 e. The monoisotopic (exact) mass is 300 g/mol. The molecule has 1 rings (SSSR count). The highest BCUT2D eigenvalue weighted by atomic mass is 79.9. The molecule has 0 aliphatic heterocycles. The van der Waals surface area contributed by atoms with Crippen LogP contribution in [0.4, 0.5) is 0 Å². The van der Waals surface area contributed by atoms with Crippen molar-refractivity contribution in [3.05, 3.63) is 41.4 Å². The first-order chi connectivity index (χ1) is 8.33. The highest BCUT2D eigenvalue weighted by molar-refractivity contribution is 9.10. The maximum absolute atomic E-state index is 5.53. The molecule has 1 aromatic rings. The van der Waals surface area contributed by atoms with Gasteiger partial charge in [0.15, 0.2) is 0 Å². The standard InChI is InChI=1S/C13H18BrNO2/c1-2-6-15-7-8-16-9-10-17-13-5-3-4-12(14)11-13/h2-5,11,15H,1,6-10H2/p+1. The SMILES string of the molecule is C=CC[NH2+]CCOCCOc1cccc(Br)c1. The summed E-state index contributed by atoms with van der Waals surface area (Å²) in [5.41, 5.74) is 0. The average molecular weight is 301 g/mol. The quantitative estimate of drug-likeness (QED) is 0.555. The van der Waals surface area contributed by atoms with Crippen molar-refractivity contribution in [3.63, 3.8) is 0 Å². The van der Waals surface area contributed by atoms with Gasteiger partial charge in [0.25, 0.3) is 0 Å². The van der Waals surface area contributed by atoms with Gasteiger partial charge >= 0.3 is 0 Å². The second kappa shape index (κ2) is 9.22. The van der Waals surface area contributed by atoms with E-state index in [-0.39, 0.29) is 0 Å². The summed E-state index contributed by atoms with van der Waals surface area (Å²) in [5, 5.41) is 2.15. The van der Waals surface area contributed by atoms with Gasteiger partial charge in [-0.15, -0.1) is 0 Å². The summed E-state index contributed by atoms with van der Waals surface area (Å²) in [6.45, 7) is 7.50. The molecule has 0 radical (unpaired) electrons. The van der Waals surface area contributed by atoms with Gasteiger partial charge in [-0.25, -0.2) is 0 Å². The Morgan fingerprint density at radius 1 is 1.29 bits per heavy atom. The molecule has 17 heavy (non-hydrogen) atoms. The van der Waals surface area contributed by atoms with E-state index in [0.29, 0.717) is 13.2 Å². The molecule has 4 heteroatoms. The van der Waals surface area contributed by atoms with Crippen LogP contribution in [0.1, 0.15) is 0 Å². The highest BCUT2D eigenvalue weighted by Gasteiger charge is 1.95. The second-order valence-corrected chi connectivity index (χ2v) is 4.44. The molecule has 2 N–H and O–H groups in total. The van der Waals surface area contributed by atoms with Crippen LogP contribution in [0.3, 0.4) is 0 Å². The summed E-state index contributed by atoms with van der Waals surface area (Å²) in [6, 6.07) is 7.80. The zero-order chi connectivity index (χ0) is 12.3. The smallest absolute Gasteiger partial charge is 0.120 e. The van der Waals surface area contributed by atoms with E-state index in [1.54, 1.807) is 0 Å². The molecule has 0 aromatic heterocycles. The molecule has 0 heterocycles. The van der Waals surface area contributed by atoms with E-state index in [2.05, 4.69) is 27.8 Å². The fourth-order valence-electron chi connectivity index (χ4n) is 1.28. The molecule has 0 bridgehead atoms. The number of hydrogen-bond donors (Lipinski definition) is 1. The van der Waals surface area contributed by atoms with Gasteiger partial charge in [-0.2, -0.15) is 0 Å². The minimum atomic E-state index is 0.581. The van der Waals surface area contributed by atoms with E-state index in [9.17, 15) is 0 Å². The van der Waals surface area contributed by atoms with Gasteiger partial charge in [0.2, 0.25) is 0 Å². The molecule has 0 fully saturated rings. The summed E-state index contributed by atoms with van der Waals surface area (Å²) in [7, 11) is 0. The van der Waals surface area contributed by atoms with Crippen molar-refractivity contribution in [2.75, 3.05) is 32.9 Å². The van der Waals surface area contributed by atoms with Crippen LogP contribution in [0.5, 0.6) is 5.75 Å². The molecule has 0 unspecified atom stereocenters. The number of hydrogen-bond acceptors (Lipinski definition) is 2. The molecule has 0 spiro atoms. The van der Waals surface area contributed by atoms with Crippen LogP contribution in [0.25, 0.3) is 0 Å². The first-order valence-corrected chi connectivity index (χ1v) is 6.51. The van der Waals surface area contributed by atoms with E-state index in [0.717, 1.165) is 29.9 Å². The van der Waals surface area contributed by atoms with Gasteiger partial charge < -0.3 is 14.8 Å². The lowest BCUT2D eigenvalue weighted by molar-refractivity contribution is -0.647. The number of benzene rings is 1. The van der Waals surface area contributed by atoms with E-state index in [1.165, 1.54) is 0 Å². The molecular formula is C13H19BrNO2+. The molecule has 0 aliphatic carbocycles. The van der Waals surface area contributed by atoms with E-state index in [1.807, 2.05) is 30.3 Å². The van der Waals surface area contributed by atoms with Crippen LogP contribution in [-0.2, 0) is 4.74 Å². The van der Waals surface area contributed by atoms with Crippen LogP contribution in [0, 0.1) is 0 Å². The first-order valence-electron chi connectivity index (χ1n) is 5.71. The molecule has 3 nitrogen and oxygen atoms in total. The predicted molar refractivity (Wildman–Crippen MR) is 72.3 cm³/mol.